The standard InChI is InChI=1S/C14H16N2O3S2/c1-9-14(10(2)19-15-9)21(17,18)16-12-7-8-20-13-6-4-3-5-11(12)13/h3-6,12,16H,7-8H2,1-2H3. The molecule has 112 valence electrons. The first-order valence-electron chi connectivity index (χ1n) is 6.66. The molecular formula is C14H16N2O3S2. The summed E-state index contributed by atoms with van der Waals surface area (Å²) in [6, 6.07) is 7.69. The van der Waals surface area contributed by atoms with Crippen LogP contribution in [0.4, 0.5) is 0 Å². The molecule has 7 heteroatoms. The van der Waals surface area contributed by atoms with E-state index in [1.807, 2.05) is 24.3 Å². The summed E-state index contributed by atoms with van der Waals surface area (Å²) in [6.45, 7) is 3.25. The van der Waals surface area contributed by atoms with E-state index in [9.17, 15) is 8.42 Å². The van der Waals surface area contributed by atoms with Crippen LogP contribution in [0.3, 0.4) is 0 Å². The molecule has 1 aromatic heterocycles. The third kappa shape index (κ3) is 2.73. The highest BCUT2D eigenvalue weighted by Gasteiger charge is 2.29. The Hall–Kier alpha value is -1.31. The van der Waals surface area contributed by atoms with Gasteiger partial charge in [-0.2, -0.15) is 0 Å². The second-order valence-corrected chi connectivity index (χ2v) is 7.79. The van der Waals surface area contributed by atoms with Gasteiger partial charge in [-0.05, 0) is 37.7 Å². The second kappa shape index (κ2) is 5.47. The van der Waals surface area contributed by atoms with E-state index in [0.717, 1.165) is 22.6 Å². The van der Waals surface area contributed by atoms with Gasteiger partial charge in [-0.3, -0.25) is 0 Å². The van der Waals surface area contributed by atoms with Crippen molar-refractivity contribution < 1.29 is 12.9 Å². The molecule has 2 heterocycles. The zero-order valence-electron chi connectivity index (χ0n) is 11.8. The number of aryl methyl sites for hydroxylation is 2. The maximum absolute atomic E-state index is 12.6. The van der Waals surface area contributed by atoms with E-state index in [0.29, 0.717) is 11.5 Å². The van der Waals surface area contributed by atoms with Crippen LogP contribution in [-0.4, -0.2) is 19.3 Å². The van der Waals surface area contributed by atoms with E-state index in [1.165, 1.54) is 0 Å². The number of sulfonamides is 1. The molecule has 1 atom stereocenters. The number of benzene rings is 1. The highest BCUT2D eigenvalue weighted by Crippen LogP contribution is 2.36. The third-order valence-corrected chi connectivity index (χ3v) is 6.33. The fourth-order valence-corrected chi connectivity index (χ4v) is 5.27. The highest BCUT2D eigenvalue weighted by atomic mass is 32.2. The summed E-state index contributed by atoms with van der Waals surface area (Å²) in [6.07, 6.45) is 0.768. The van der Waals surface area contributed by atoms with Crippen molar-refractivity contribution in [2.24, 2.45) is 0 Å². The van der Waals surface area contributed by atoms with Gasteiger partial charge in [-0.1, -0.05) is 23.4 Å². The Labute approximate surface area is 128 Å². The summed E-state index contributed by atoms with van der Waals surface area (Å²) in [7, 11) is -3.64. The Balaban J connectivity index is 1.94. The maximum Gasteiger partial charge on any atom is 0.246 e. The number of fused-ring (bicyclic) bond motifs is 1. The fourth-order valence-electron chi connectivity index (χ4n) is 2.57. The lowest BCUT2D eigenvalue weighted by Crippen LogP contribution is -2.31. The number of hydrogen-bond acceptors (Lipinski definition) is 5. The fraction of sp³-hybridized carbons (Fsp3) is 0.357. The molecule has 0 aliphatic carbocycles. The van der Waals surface area contributed by atoms with Crippen molar-refractivity contribution >= 4 is 21.8 Å². The second-order valence-electron chi connectivity index (χ2n) is 5.00. The van der Waals surface area contributed by atoms with Gasteiger partial charge in [0.1, 0.15) is 10.6 Å². The molecule has 0 radical (unpaired) electrons. The van der Waals surface area contributed by atoms with E-state index in [-0.39, 0.29) is 10.9 Å². The average Bonchev–Trinajstić information content (AvgIpc) is 2.79. The molecule has 5 nitrogen and oxygen atoms in total. The van der Waals surface area contributed by atoms with Crippen molar-refractivity contribution in [1.82, 2.24) is 9.88 Å². The Morgan fingerprint density at radius 3 is 2.81 bits per heavy atom. The number of thioether (sulfide) groups is 1. The van der Waals surface area contributed by atoms with E-state index in [1.54, 1.807) is 25.6 Å². The van der Waals surface area contributed by atoms with Crippen LogP contribution in [0.1, 0.15) is 29.5 Å². The minimum atomic E-state index is -3.64. The molecule has 1 unspecified atom stereocenters. The smallest absolute Gasteiger partial charge is 0.246 e. The van der Waals surface area contributed by atoms with Gasteiger partial charge < -0.3 is 4.52 Å². The molecule has 21 heavy (non-hydrogen) atoms. The summed E-state index contributed by atoms with van der Waals surface area (Å²) in [5.41, 5.74) is 1.42. The van der Waals surface area contributed by atoms with Crippen LogP contribution < -0.4 is 4.72 Å². The van der Waals surface area contributed by atoms with Gasteiger partial charge in [0.2, 0.25) is 10.0 Å². The van der Waals surface area contributed by atoms with Gasteiger partial charge in [0.15, 0.2) is 5.76 Å². The predicted molar refractivity (Wildman–Crippen MR) is 80.8 cm³/mol. The van der Waals surface area contributed by atoms with Crippen LogP contribution in [0.5, 0.6) is 0 Å². The van der Waals surface area contributed by atoms with Crippen molar-refractivity contribution in [3.8, 4) is 0 Å². The van der Waals surface area contributed by atoms with Gasteiger partial charge in [-0.15, -0.1) is 11.8 Å². The van der Waals surface area contributed by atoms with Crippen LogP contribution in [-0.2, 0) is 10.0 Å². The van der Waals surface area contributed by atoms with E-state index >= 15 is 0 Å². The average molecular weight is 324 g/mol. The normalized spacial score (nSPS) is 18.5. The summed E-state index contributed by atoms with van der Waals surface area (Å²) < 4.78 is 33.0. The van der Waals surface area contributed by atoms with E-state index in [4.69, 9.17) is 4.52 Å². The van der Waals surface area contributed by atoms with Gasteiger partial charge >= 0.3 is 0 Å². The van der Waals surface area contributed by atoms with Crippen molar-refractivity contribution in [1.29, 1.82) is 0 Å². The number of nitrogens with one attached hydrogen (secondary N) is 1. The highest BCUT2D eigenvalue weighted by molar-refractivity contribution is 7.99. The molecule has 1 aliphatic rings. The van der Waals surface area contributed by atoms with Gasteiger partial charge in [0.25, 0.3) is 0 Å². The van der Waals surface area contributed by atoms with Gasteiger partial charge in [0.05, 0.1) is 0 Å². The Morgan fingerprint density at radius 1 is 1.33 bits per heavy atom. The molecule has 1 N–H and O–H groups in total. The number of aromatic nitrogens is 1. The van der Waals surface area contributed by atoms with Crippen molar-refractivity contribution in [3.05, 3.63) is 41.3 Å². The zero-order valence-corrected chi connectivity index (χ0v) is 13.4. The summed E-state index contributed by atoms with van der Waals surface area (Å²) in [5, 5.41) is 3.72. The molecule has 0 amide bonds. The lowest BCUT2D eigenvalue weighted by atomic mass is 10.1. The number of rotatable bonds is 3. The van der Waals surface area contributed by atoms with Crippen LogP contribution in [0, 0.1) is 13.8 Å². The van der Waals surface area contributed by atoms with Crippen LogP contribution in [0.15, 0.2) is 38.6 Å². The van der Waals surface area contributed by atoms with Crippen LogP contribution in [0.25, 0.3) is 0 Å². The molecule has 0 spiro atoms. The molecule has 0 fully saturated rings. The van der Waals surface area contributed by atoms with Gasteiger partial charge in [0, 0.05) is 10.9 Å². The van der Waals surface area contributed by atoms with Crippen molar-refractivity contribution in [3.63, 3.8) is 0 Å². The topological polar surface area (TPSA) is 72.2 Å². The largest absolute Gasteiger partial charge is 0.360 e. The third-order valence-electron chi connectivity index (χ3n) is 3.49. The minimum absolute atomic E-state index is 0.151. The van der Waals surface area contributed by atoms with Crippen LogP contribution >= 0.6 is 11.8 Å². The number of nitrogens with zero attached hydrogens (tertiary/aromatic N) is 1. The molecule has 1 aromatic carbocycles. The molecule has 2 aromatic rings. The molecule has 3 rings (SSSR count). The molecular weight excluding hydrogens is 308 g/mol. The molecule has 0 bridgehead atoms. The lowest BCUT2D eigenvalue weighted by Gasteiger charge is -2.25. The maximum atomic E-state index is 12.6. The first-order valence-corrected chi connectivity index (χ1v) is 9.13. The summed E-state index contributed by atoms with van der Waals surface area (Å²) in [5.74, 6) is 1.21. The van der Waals surface area contributed by atoms with E-state index < -0.39 is 10.0 Å². The van der Waals surface area contributed by atoms with Crippen molar-refractivity contribution in [2.45, 2.75) is 36.1 Å². The first kappa shape index (κ1) is 14.6. The SMILES string of the molecule is Cc1noc(C)c1S(=O)(=O)NC1CCSc2ccccc21. The monoisotopic (exact) mass is 324 g/mol. The molecule has 1 aliphatic heterocycles. The summed E-state index contributed by atoms with van der Waals surface area (Å²) in [4.78, 5) is 1.29. The molecule has 0 saturated heterocycles. The lowest BCUT2D eigenvalue weighted by molar-refractivity contribution is 0.390. The van der Waals surface area contributed by atoms with Crippen molar-refractivity contribution in [2.75, 3.05) is 5.75 Å². The Morgan fingerprint density at radius 2 is 2.10 bits per heavy atom. The quantitative estimate of drug-likeness (QED) is 0.940. The molecule has 0 saturated carbocycles. The Kier molecular flexibility index (Phi) is 3.81. The Bertz CT molecular complexity index is 749. The minimum Gasteiger partial charge on any atom is -0.360 e. The van der Waals surface area contributed by atoms with E-state index in [2.05, 4.69) is 9.88 Å². The van der Waals surface area contributed by atoms with Gasteiger partial charge in [-0.25, -0.2) is 13.1 Å². The summed E-state index contributed by atoms with van der Waals surface area (Å²) >= 11 is 1.76. The predicted octanol–water partition coefficient (Wildman–Crippen LogP) is 2.81. The van der Waals surface area contributed by atoms with Crippen LogP contribution in [0.2, 0.25) is 0 Å². The zero-order chi connectivity index (χ0) is 15.0. The number of hydrogen-bond donors (Lipinski definition) is 1. The first-order chi connectivity index (χ1) is 9.99.